The molecule has 2 amide bonds. The molecule has 0 aromatic carbocycles. The van der Waals surface area contributed by atoms with Crippen LogP contribution in [-0.4, -0.2) is 56.0 Å². The van der Waals surface area contributed by atoms with E-state index in [4.69, 9.17) is 5.73 Å². The van der Waals surface area contributed by atoms with Crippen molar-refractivity contribution < 1.29 is 13.2 Å². The number of nitrogens with zero attached hydrogens (tertiary/aromatic N) is 1. The van der Waals surface area contributed by atoms with Gasteiger partial charge in [-0.2, -0.15) is 0 Å². The van der Waals surface area contributed by atoms with Crippen LogP contribution in [0.3, 0.4) is 0 Å². The number of rotatable bonds is 2. The average Bonchev–Trinajstić information content (AvgIpc) is 2.16. The summed E-state index contributed by atoms with van der Waals surface area (Å²) >= 11 is 0. The van der Waals surface area contributed by atoms with Crippen molar-refractivity contribution in [1.82, 2.24) is 10.2 Å². The molecule has 1 rings (SSSR count). The summed E-state index contributed by atoms with van der Waals surface area (Å²) < 4.78 is 23.1. The van der Waals surface area contributed by atoms with Gasteiger partial charge in [-0.15, -0.1) is 0 Å². The number of carbonyl (C=O) groups excluding carboxylic acids is 1. The van der Waals surface area contributed by atoms with Crippen LogP contribution in [-0.2, 0) is 9.84 Å². The van der Waals surface area contributed by atoms with Crippen molar-refractivity contribution in [3.05, 3.63) is 0 Å². The maximum absolute atomic E-state index is 11.7. The largest absolute Gasteiger partial charge is 0.336 e. The molecular weight excluding hydrogens is 230 g/mol. The molecule has 1 aliphatic heterocycles. The Balaban J connectivity index is 2.64. The van der Waals surface area contributed by atoms with E-state index in [9.17, 15) is 13.2 Å². The molecule has 1 fully saturated rings. The Labute approximate surface area is 96.1 Å². The molecule has 0 aromatic heterocycles. The second-order valence-electron chi connectivity index (χ2n) is 4.27. The van der Waals surface area contributed by atoms with Gasteiger partial charge in [0, 0.05) is 25.7 Å². The third-order valence-corrected chi connectivity index (χ3v) is 4.65. The Morgan fingerprint density at radius 2 is 2.19 bits per heavy atom. The first kappa shape index (κ1) is 13.2. The first-order valence-corrected chi connectivity index (χ1v) is 7.05. The van der Waals surface area contributed by atoms with Crippen LogP contribution in [0.25, 0.3) is 0 Å². The van der Waals surface area contributed by atoms with Crippen molar-refractivity contribution in [1.29, 1.82) is 0 Å². The molecule has 1 unspecified atom stereocenters. The number of hydrogen-bond donors (Lipinski definition) is 2. The summed E-state index contributed by atoms with van der Waals surface area (Å²) in [6.07, 6.45) is 0. The maximum atomic E-state index is 11.7. The average molecular weight is 249 g/mol. The van der Waals surface area contributed by atoms with Crippen LogP contribution in [0, 0.1) is 0 Å². The fourth-order valence-electron chi connectivity index (χ4n) is 1.60. The van der Waals surface area contributed by atoms with E-state index in [1.54, 1.807) is 0 Å². The van der Waals surface area contributed by atoms with Gasteiger partial charge in [0.1, 0.15) is 0 Å². The highest BCUT2D eigenvalue weighted by Crippen LogP contribution is 2.11. The van der Waals surface area contributed by atoms with Gasteiger partial charge in [0.05, 0.1) is 11.0 Å². The maximum Gasteiger partial charge on any atom is 0.317 e. The molecule has 1 heterocycles. The quantitative estimate of drug-likeness (QED) is 0.667. The fraction of sp³-hybridized carbons (Fsp3) is 0.889. The van der Waals surface area contributed by atoms with Gasteiger partial charge in [-0.25, -0.2) is 13.2 Å². The van der Waals surface area contributed by atoms with Gasteiger partial charge in [-0.1, -0.05) is 0 Å². The lowest BCUT2D eigenvalue weighted by Gasteiger charge is -2.32. The van der Waals surface area contributed by atoms with Gasteiger partial charge in [0.2, 0.25) is 0 Å². The lowest BCUT2D eigenvalue weighted by Crippen LogP contribution is -2.55. The normalized spacial score (nSPS) is 24.5. The van der Waals surface area contributed by atoms with Gasteiger partial charge >= 0.3 is 6.03 Å². The van der Waals surface area contributed by atoms with Crippen molar-refractivity contribution in [3.8, 4) is 0 Å². The van der Waals surface area contributed by atoms with Crippen LogP contribution in [0.4, 0.5) is 4.79 Å². The first-order valence-electron chi connectivity index (χ1n) is 5.34. The lowest BCUT2D eigenvalue weighted by atomic mass is 10.3. The van der Waals surface area contributed by atoms with Crippen LogP contribution >= 0.6 is 0 Å². The zero-order valence-corrected chi connectivity index (χ0v) is 10.5. The molecule has 0 radical (unpaired) electrons. The predicted octanol–water partition coefficient (Wildman–Crippen LogP) is -0.838. The molecule has 6 nitrogen and oxygen atoms in total. The lowest BCUT2D eigenvalue weighted by molar-refractivity contribution is 0.196. The number of hydrogen-bond acceptors (Lipinski definition) is 4. The smallest absolute Gasteiger partial charge is 0.317 e. The Bertz CT molecular complexity index is 353. The van der Waals surface area contributed by atoms with E-state index in [2.05, 4.69) is 5.32 Å². The third-order valence-electron chi connectivity index (χ3n) is 2.54. The van der Waals surface area contributed by atoms with Gasteiger partial charge in [0.25, 0.3) is 0 Å². The minimum atomic E-state index is -3.12. The van der Waals surface area contributed by atoms with Gasteiger partial charge in [-0.05, 0) is 13.8 Å². The molecule has 3 N–H and O–H groups in total. The fourth-order valence-corrected chi connectivity index (χ4v) is 3.11. The minimum absolute atomic E-state index is 0.000379. The Morgan fingerprint density at radius 1 is 1.56 bits per heavy atom. The first-order chi connectivity index (χ1) is 7.36. The van der Waals surface area contributed by atoms with Crippen molar-refractivity contribution in [2.75, 3.05) is 25.4 Å². The third kappa shape index (κ3) is 3.08. The van der Waals surface area contributed by atoms with Crippen LogP contribution in [0.15, 0.2) is 0 Å². The highest BCUT2D eigenvalue weighted by Gasteiger charge is 2.33. The van der Waals surface area contributed by atoms with Gasteiger partial charge in [-0.3, -0.25) is 0 Å². The predicted molar refractivity (Wildman–Crippen MR) is 61.9 cm³/mol. The standard InChI is InChI=1S/C9H19N3O3S/c1-7(2)11-9(13)12-3-4-16(14,15)8(5-10)6-12/h7-8H,3-6,10H2,1-2H3,(H,11,13). The Morgan fingerprint density at radius 3 is 2.69 bits per heavy atom. The topological polar surface area (TPSA) is 92.5 Å². The summed E-state index contributed by atoms with van der Waals surface area (Å²) in [5.41, 5.74) is 5.40. The molecule has 0 spiro atoms. The Kier molecular flexibility index (Phi) is 4.15. The highest BCUT2D eigenvalue weighted by atomic mass is 32.2. The molecule has 7 heteroatoms. The van der Waals surface area contributed by atoms with Crippen molar-refractivity contribution in [3.63, 3.8) is 0 Å². The van der Waals surface area contributed by atoms with E-state index < -0.39 is 15.1 Å². The number of amides is 2. The number of urea groups is 1. The van der Waals surface area contributed by atoms with Crippen molar-refractivity contribution in [2.45, 2.75) is 25.1 Å². The van der Waals surface area contributed by atoms with Crippen LogP contribution in [0.5, 0.6) is 0 Å². The van der Waals surface area contributed by atoms with Gasteiger partial charge < -0.3 is 16.0 Å². The van der Waals surface area contributed by atoms with Crippen LogP contribution in [0.2, 0.25) is 0 Å². The SMILES string of the molecule is CC(C)NC(=O)N1CCS(=O)(=O)C(CN)C1. The molecule has 0 saturated carbocycles. The molecule has 16 heavy (non-hydrogen) atoms. The number of sulfone groups is 1. The summed E-state index contributed by atoms with van der Waals surface area (Å²) in [7, 11) is -3.12. The zero-order valence-electron chi connectivity index (χ0n) is 9.64. The molecular formula is C9H19N3O3S. The molecule has 1 atom stereocenters. The zero-order chi connectivity index (χ0) is 12.3. The van der Waals surface area contributed by atoms with E-state index in [0.717, 1.165) is 0 Å². The summed E-state index contributed by atoms with van der Waals surface area (Å²) in [5.74, 6) is 0.000379. The summed E-state index contributed by atoms with van der Waals surface area (Å²) in [6, 6.07) is -0.175. The summed E-state index contributed by atoms with van der Waals surface area (Å²) in [6.45, 7) is 4.22. The van der Waals surface area contributed by atoms with E-state index in [1.807, 2.05) is 13.8 Å². The molecule has 94 valence electrons. The van der Waals surface area contributed by atoms with E-state index in [-0.39, 0.29) is 37.5 Å². The van der Waals surface area contributed by atoms with Crippen LogP contribution < -0.4 is 11.1 Å². The number of nitrogens with two attached hydrogens (primary N) is 1. The Hall–Kier alpha value is -0.820. The van der Waals surface area contributed by atoms with E-state index >= 15 is 0 Å². The number of carbonyl (C=O) groups is 1. The molecule has 0 aromatic rings. The second-order valence-corrected chi connectivity index (χ2v) is 6.68. The summed E-state index contributed by atoms with van der Waals surface area (Å²) in [4.78, 5) is 13.2. The van der Waals surface area contributed by atoms with Gasteiger partial charge in [0.15, 0.2) is 9.84 Å². The number of nitrogens with one attached hydrogen (secondary N) is 1. The second kappa shape index (κ2) is 5.01. The molecule has 1 aliphatic rings. The molecule has 1 saturated heterocycles. The van der Waals surface area contributed by atoms with Crippen LogP contribution in [0.1, 0.15) is 13.8 Å². The molecule has 0 bridgehead atoms. The van der Waals surface area contributed by atoms with Crippen molar-refractivity contribution in [2.24, 2.45) is 5.73 Å². The highest BCUT2D eigenvalue weighted by molar-refractivity contribution is 7.92. The van der Waals surface area contributed by atoms with Crippen molar-refractivity contribution >= 4 is 15.9 Å². The monoisotopic (exact) mass is 249 g/mol. The van der Waals surface area contributed by atoms with E-state index in [1.165, 1.54) is 4.90 Å². The van der Waals surface area contributed by atoms with E-state index in [0.29, 0.717) is 0 Å². The summed E-state index contributed by atoms with van der Waals surface area (Å²) in [5, 5.41) is 2.11. The molecule has 0 aliphatic carbocycles. The minimum Gasteiger partial charge on any atom is -0.336 e.